The second-order valence-corrected chi connectivity index (χ2v) is 5.64. The third-order valence-electron chi connectivity index (χ3n) is 2.98. The van der Waals surface area contributed by atoms with Gasteiger partial charge in [0.2, 0.25) is 0 Å². The van der Waals surface area contributed by atoms with Gasteiger partial charge in [-0.25, -0.2) is 0 Å². The first-order chi connectivity index (χ1) is 9.51. The highest BCUT2D eigenvalue weighted by atomic mass is 35.5. The first-order valence-corrected chi connectivity index (χ1v) is 7.19. The first-order valence-electron chi connectivity index (χ1n) is 6.06. The average Bonchev–Trinajstić information content (AvgIpc) is 2.42. The summed E-state index contributed by atoms with van der Waals surface area (Å²) in [4.78, 5) is 0. The molecule has 2 nitrogen and oxygen atoms in total. The molecule has 2 rings (SSSR count). The maximum atomic E-state index is 6.04. The minimum Gasteiger partial charge on any atom is -0.495 e. The molecule has 106 valence electrons. The number of halogens is 3. The van der Waals surface area contributed by atoms with Gasteiger partial charge in [0.25, 0.3) is 0 Å². The minimum atomic E-state index is 0.0390. The molecule has 2 aromatic carbocycles. The van der Waals surface area contributed by atoms with Crippen LogP contribution in [0.15, 0.2) is 36.4 Å². The number of ether oxygens (including phenoxy) is 1. The van der Waals surface area contributed by atoms with Crippen LogP contribution >= 0.6 is 34.8 Å². The van der Waals surface area contributed by atoms with E-state index >= 15 is 0 Å². The molecule has 0 spiro atoms. The van der Waals surface area contributed by atoms with E-state index in [0.717, 1.165) is 17.0 Å². The lowest BCUT2D eigenvalue weighted by molar-refractivity contribution is 0.416. The van der Waals surface area contributed by atoms with E-state index in [-0.39, 0.29) is 6.04 Å². The summed E-state index contributed by atoms with van der Waals surface area (Å²) in [6.07, 6.45) is 0. The molecule has 2 aromatic rings. The zero-order chi connectivity index (χ0) is 14.7. The van der Waals surface area contributed by atoms with Crippen LogP contribution in [0, 0.1) is 0 Å². The molecule has 0 heterocycles. The van der Waals surface area contributed by atoms with E-state index in [2.05, 4.69) is 5.32 Å². The summed E-state index contributed by atoms with van der Waals surface area (Å²) in [6.45, 7) is 2.03. The molecule has 1 N–H and O–H groups in total. The van der Waals surface area contributed by atoms with E-state index in [9.17, 15) is 0 Å². The topological polar surface area (TPSA) is 21.3 Å². The molecule has 1 atom stereocenters. The Kier molecular flexibility index (Phi) is 5.03. The summed E-state index contributed by atoms with van der Waals surface area (Å²) in [5.41, 5.74) is 1.86. The van der Waals surface area contributed by atoms with Crippen LogP contribution in [-0.2, 0) is 0 Å². The predicted molar refractivity (Wildman–Crippen MR) is 86.5 cm³/mol. The molecule has 0 radical (unpaired) electrons. The molecular weight excluding hydrogens is 317 g/mol. The molecule has 5 heteroatoms. The van der Waals surface area contributed by atoms with Crippen molar-refractivity contribution in [3.05, 3.63) is 57.0 Å². The lowest BCUT2D eigenvalue weighted by Gasteiger charge is -2.18. The summed E-state index contributed by atoms with van der Waals surface area (Å²) < 4.78 is 5.31. The Hall–Kier alpha value is -1.09. The fourth-order valence-electron chi connectivity index (χ4n) is 1.89. The highest BCUT2D eigenvalue weighted by molar-refractivity contribution is 6.42. The zero-order valence-corrected chi connectivity index (χ0v) is 13.4. The van der Waals surface area contributed by atoms with Crippen LogP contribution in [0.1, 0.15) is 18.5 Å². The SMILES string of the molecule is COc1ccc(Cl)cc1NC(C)c1ccc(Cl)c(Cl)c1. The third-order valence-corrected chi connectivity index (χ3v) is 3.95. The van der Waals surface area contributed by atoms with Gasteiger partial charge in [-0.3, -0.25) is 0 Å². The number of nitrogens with one attached hydrogen (secondary N) is 1. The van der Waals surface area contributed by atoms with Gasteiger partial charge in [-0.2, -0.15) is 0 Å². The van der Waals surface area contributed by atoms with Crippen molar-refractivity contribution in [2.24, 2.45) is 0 Å². The van der Waals surface area contributed by atoms with Crippen LogP contribution in [0.2, 0.25) is 15.1 Å². The number of methoxy groups -OCH3 is 1. The Morgan fingerprint density at radius 3 is 2.40 bits per heavy atom. The van der Waals surface area contributed by atoms with Gasteiger partial charge in [-0.15, -0.1) is 0 Å². The minimum absolute atomic E-state index is 0.0390. The monoisotopic (exact) mass is 329 g/mol. The third kappa shape index (κ3) is 3.51. The first kappa shape index (κ1) is 15.3. The van der Waals surface area contributed by atoms with Gasteiger partial charge in [0.05, 0.1) is 22.8 Å². The Morgan fingerprint density at radius 1 is 1.00 bits per heavy atom. The maximum Gasteiger partial charge on any atom is 0.142 e. The summed E-state index contributed by atoms with van der Waals surface area (Å²) in [5.74, 6) is 0.737. The fourth-order valence-corrected chi connectivity index (χ4v) is 2.37. The normalized spacial score (nSPS) is 12.1. The van der Waals surface area contributed by atoms with E-state index in [1.165, 1.54) is 0 Å². The summed E-state index contributed by atoms with van der Waals surface area (Å²) >= 11 is 18.0. The predicted octanol–water partition coefficient (Wildman–Crippen LogP) is 5.83. The van der Waals surface area contributed by atoms with Gasteiger partial charge in [-0.05, 0) is 42.8 Å². The smallest absolute Gasteiger partial charge is 0.142 e. The van der Waals surface area contributed by atoms with Crippen LogP contribution in [0.5, 0.6) is 5.75 Å². The van der Waals surface area contributed by atoms with Crippen LogP contribution in [0.25, 0.3) is 0 Å². The van der Waals surface area contributed by atoms with Gasteiger partial charge >= 0.3 is 0 Å². The average molecular weight is 331 g/mol. The van der Waals surface area contributed by atoms with Gasteiger partial charge in [0.15, 0.2) is 0 Å². The van der Waals surface area contributed by atoms with Crippen molar-refractivity contribution in [2.75, 3.05) is 12.4 Å². The van der Waals surface area contributed by atoms with Crippen molar-refractivity contribution in [1.82, 2.24) is 0 Å². The maximum absolute atomic E-state index is 6.04. The molecule has 0 bridgehead atoms. The van der Waals surface area contributed by atoms with E-state index in [4.69, 9.17) is 39.5 Å². The van der Waals surface area contributed by atoms with Gasteiger partial charge in [-0.1, -0.05) is 40.9 Å². The lowest BCUT2D eigenvalue weighted by atomic mass is 10.1. The largest absolute Gasteiger partial charge is 0.495 e. The number of hydrogen-bond acceptors (Lipinski definition) is 2. The highest BCUT2D eigenvalue weighted by Crippen LogP contribution is 2.32. The van der Waals surface area contributed by atoms with Crippen LogP contribution in [-0.4, -0.2) is 7.11 Å². The van der Waals surface area contributed by atoms with Crippen molar-refractivity contribution in [3.63, 3.8) is 0 Å². The highest BCUT2D eigenvalue weighted by Gasteiger charge is 2.11. The molecule has 0 saturated heterocycles. The van der Waals surface area contributed by atoms with Gasteiger partial charge < -0.3 is 10.1 Å². The van der Waals surface area contributed by atoms with Gasteiger partial charge in [0, 0.05) is 11.1 Å². The van der Waals surface area contributed by atoms with Crippen molar-refractivity contribution in [2.45, 2.75) is 13.0 Å². The number of anilines is 1. The van der Waals surface area contributed by atoms with E-state index in [1.54, 1.807) is 19.2 Å². The van der Waals surface area contributed by atoms with E-state index in [1.807, 2.05) is 31.2 Å². The Labute approximate surface area is 133 Å². The van der Waals surface area contributed by atoms with E-state index < -0.39 is 0 Å². The Morgan fingerprint density at radius 2 is 1.75 bits per heavy atom. The number of benzene rings is 2. The Balaban J connectivity index is 2.24. The van der Waals surface area contributed by atoms with Crippen LogP contribution in [0.3, 0.4) is 0 Å². The number of hydrogen-bond donors (Lipinski definition) is 1. The summed E-state index contributed by atoms with van der Waals surface area (Å²) in [6, 6.07) is 11.0. The summed E-state index contributed by atoms with van der Waals surface area (Å²) in [5, 5.41) is 5.08. The molecule has 0 aliphatic rings. The standard InChI is InChI=1S/C15H14Cl3NO/c1-9(10-3-5-12(17)13(18)7-10)19-14-8-11(16)4-6-15(14)20-2/h3-9,19H,1-2H3. The molecule has 20 heavy (non-hydrogen) atoms. The number of rotatable bonds is 4. The second-order valence-electron chi connectivity index (χ2n) is 4.38. The molecule has 0 aromatic heterocycles. The molecule has 1 unspecified atom stereocenters. The fraction of sp³-hybridized carbons (Fsp3) is 0.200. The Bertz CT molecular complexity index is 616. The van der Waals surface area contributed by atoms with Gasteiger partial charge in [0.1, 0.15) is 5.75 Å². The van der Waals surface area contributed by atoms with Crippen LogP contribution in [0.4, 0.5) is 5.69 Å². The molecule has 0 aliphatic carbocycles. The lowest BCUT2D eigenvalue weighted by Crippen LogP contribution is -2.07. The van der Waals surface area contributed by atoms with Crippen molar-refractivity contribution in [3.8, 4) is 5.75 Å². The van der Waals surface area contributed by atoms with Crippen molar-refractivity contribution < 1.29 is 4.74 Å². The van der Waals surface area contributed by atoms with Crippen molar-refractivity contribution >= 4 is 40.5 Å². The zero-order valence-electron chi connectivity index (χ0n) is 11.1. The van der Waals surface area contributed by atoms with Crippen LogP contribution < -0.4 is 10.1 Å². The molecule has 0 fully saturated rings. The quantitative estimate of drug-likeness (QED) is 0.761. The summed E-state index contributed by atoms with van der Waals surface area (Å²) in [7, 11) is 1.62. The molecular formula is C15H14Cl3NO. The van der Waals surface area contributed by atoms with Crippen molar-refractivity contribution in [1.29, 1.82) is 0 Å². The van der Waals surface area contributed by atoms with E-state index in [0.29, 0.717) is 15.1 Å². The molecule has 0 amide bonds. The molecule has 0 aliphatic heterocycles. The second kappa shape index (κ2) is 6.57. The molecule has 0 saturated carbocycles.